The quantitative estimate of drug-likeness (QED) is 0.571. The third kappa shape index (κ3) is 5.65. The van der Waals surface area contributed by atoms with E-state index < -0.39 is 0 Å². The lowest BCUT2D eigenvalue weighted by atomic mass is 10.1. The van der Waals surface area contributed by atoms with Crippen molar-refractivity contribution in [1.29, 1.82) is 0 Å². The van der Waals surface area contributed by atoms with Gasteiger partial charge in [0.2, 0.25) is 11.7 Å². The molecule has 32 heavy (non-hydrogen) atoms. The highest BCUT2D eigenvalue weighted by Gasteiger charge is 2.31. The molecule has 8 heteroatoms. The summed E-state index contributed by atoms with van der Waals surface area (Å²) in [6.45, 7) is 7.85. The van der Waals surface area contributed by atoms with E-state index in [4.69, 9.17) is 25.8 Å². The van der Waals surface area contributed by atoms with Crippen molar-refractivity contribution in [3.8, 4) is 17.2 Å². The molecule has 0 radical (unpaired) electrons. The van der Waals surface area contributed by atoms with E-state index in [0.29, 0.717) is 67.2 Å². The SMILES string of the molecule is CCOc1cc(C(=O)NCC2CC(=O)N(c3ccc(Cl)cc3)C2)cc(OCC)c1OCC. The van der Waals surface area contributed by atoms with Crippen molar-refractivity contribution in [2.24, 2.45) is 5.92 Å². The van der Waals surface area contributed by atoms with Gasteiger partial charge in [-0.05, 0) is 57.2 Å². The molecule has 0 aromatic heterocycles. The molecule has 0 saturated carbocycles. The van der Waals surface area contributed by atoms with Crippen molar-refractivity contribution in [2.75, 3.05) is 37.8 Å². The second kappa shape index (κ2) is 11.1. The summed E-state index contributed by atoms with van der Waals surface area (Å²) in [5.41, 5.74) is 1.22. The number of carbonyl (C=O) groups excluding carboxylic acids is 2. The summed E-state index contributed by atoms with van der Waals surface area (Å²) in [6, 6.07) is 10.5. The Labute approximate surface area is 193 Å². The number of benzene rings is 2. The first-order chi connectivity index (χ1) is 15.5. The third-order valence-electron chi connectivity index (χ3n) is 5.07. The number of nitrogens with zero attached hydrogens (tertiary/aromatic N) is 1. The maximum absolute atomic E-state index is 12.9. The van der Waals surface area contributed by atoms with Crippen LogP contribution in [0.15, 0.2) is 36.4 Å². The maximum Gasteiger partial charge on any atom is 0.251 e. The van der Waals surface area contributed by atoms with Gasteiger partial charge >= 0.3 is 0 Å². The highest BCUT2D eigenvalue weighted by Crippen LogP contribution is 2.39. The third-order valence-corrected chi connectivity index (χ3v) is 5.32. The highest BCUT2D eigenvalue weighted by molar-refractivity contribution is 6.30. The summed E-state index contributed by atoms with van der Waals surface area (Å²) in [5, 5.41) is 3.56. The molecule has 172 valence electrons. The van der Waals surface area contributed by atoms with Crippen LogP contribution in [0.4, 0.5) is 5.69 Å². The molecule has 1 saturated heterocycles. The minimum atomic E-state index is -0.257. The van der Waals surface area contributed by atoms with Gasteiger partial charge in [0.05, 0.1) is 19.8 Å². The van der Waals surface area contributed by atoms with Crippen molar-refractivity contribution < 1.29 is 23.8 Å². The van der Waals surface area contributed by atoms with Crippen LogP contribution in [0.2, 0.25) is 5.02 Å². The van der Waals surface area contributed by atoms with Crippen LogP contribution in [0.25, 0.3) is 0 Å². The normalized spacial score (nSPS) is 15.6. The van der Waals surface area contributed by atoms with Crippen molar-refractivity contribution in [1.82, 2.24) is 5.32 Å². The average molecular weight is 461 g/mol. The van der Waals surface area contributed by atoms with E-state index in [2.05, 4.69) is 5.32 Å². The monoisotopic (exact) mass is 460 g/mol. The Bertz CT molecular complexity index is 921. The molecule has 1 atom stereocenters. The van der Waals surface area contributed by atoms with Gasteiger partial charge in [-0.3, -0.25) is 9.59 Å². The van der Waals surface area contributed by atoms with Crippen LogP contribution in [-0.4, -0.2) is 44.7 Å². The molecule has 1 fully saturated rings. The smallest absolute Gasteiger partial charge is 0.251 e. The van der Waals surface area contributed by atoms with Gasteiger partial charge in [0, 0.05) is 41.7 Å². The first kappa shape index (κ1) is 23.7. The Morgan fingerprint density at radius 1 is 1.03 bits per heavy atom. The molecule has 0 spiro atoms. The van der Waals surface area contributed by atoms with Crippen LogP contribution >= 0.6 is 11.6 Å². The Hall–Kier alpha value is -2.93. The van der Waals surface area contributed by atoms with E-state index >= 15 is 0 Å². The van der Waals surface area contributed by atoms with Crippen LogP contribution in [-0.2, 0) is 4.79 Å². The zero-order valence-electron chi connectivity index (χ0n) is 18.7. The Balaban J connectivity index is 1.69. The summed E-state index contributed by atoms with van der Waals surface area (Å²) in [4.78, 5) is 27.1. The molecule has 1 aliphatic heterocycles. The van der Waals surface area contributed by atoms with Crippen molar-refractivity contribution >= 4 is 29.1 Å². The largest absolute Gasteiger partial charge is 0.490 e. The molecule has 7 nitrogen and oxygen atoms in total. The Morgan fingerprint density at radius 3 is 2.19 bits per heavy atom. The number of hydrogen-bond donors (Lipinski definition) is 1. The van der Waals surface area contributed by atoms with Gasteiger partial charge in [-0.25, -0.2) is 0 Å². The zero-order chi connectivity index (χ0) is 23.1. The van der Waals surface area contributed by atoms with Crippen LogP contribution in [0.3, 0.4) is 0 Å². The summed E-state index contributed by atoms with van der Waals surface area (Å²) in [7, 11) is 0. The summed E-state index contributed by atoms with van der Waals surface area (Å²) < 4.78 is 17.1. The van der Waals surface area contributed by atoms with Crippen LogP contribution in [0, 0.1) is 5.92 Å². The maximum atomic E-state index is 12.9. The summed E-state index contributed by atoms with van der Waals surface area (Å²) >= 11 is 5.94. The van der Waals surface area contributed by atoms with E-state index in [-0.39, 0.29) is 17.7 Å². The second-order valence-electron chi connectivity index (χ2n) is 7.36. The van der Waals surface area contributed by atoms with E-state index in [9.17, 15) is 9.59 Å². The first-order valence-corrected chi connectivity index (χ1v) is 11.2. The molecule has 2 aromatic rings. The van der Waals surface area contributed by atoms with Crippen LogP contribution in [0.1, 0.15) is 37.6 Å². The topological polar surface area (TPSA) is 77.1 Å². The highest BCUT2D eigenvalue weighted by atomic mass is 35.5. The Kier molecular flexibility index (Phi) is 8.22. The van der Waals surface area contributed by atoms with Crippen molar-refractivity contribution in [3.63, 3.8) is 0 Å². The minimum Gasteiger partial charge on any atom is -0.490 e. The van der Waals surface area contributed by atoms with Gasteiger partial charge in [0.15, 0.2) is 11.5 Å². The molecule has 2 aromatic carbocycles. The average Bonchev–Trinajstić information content (AvgIpc) is 3.15. The second-order valence-corrected chi connectivity index (χ2v) is 7.80. The van der Waals surface area contributed by atoms with Gasteiger partial charge in [0.25, 0.3) is 5.91 Å². The predicted molar refractivity (Wildman–Crippen MR) is 124 cm³/mol. The number of hydrogen-bond acceptors (Lipinski definition) is 5. The van der Waals surface area contributed by atoms with Crippen molar-refractivity contribution in [3.05, 3.63) is 47.0 Å². The van der Waals surface area contributed by atoms with Gasteiger partial charge < -0.3 is 24.4 Å². The van der Waals surface area contributed by atoms with Crippen LogP contribution < -0.4 is 24.4 Å². The molecular formula is C24H29ClN2O5. The fraction of sp³-hybridized carbons (Fsp3) is 0.417. The molecular weight excluding hydrogens is 432 g/mol. The fourth-order valence-corrected chi connectivity index (χ4v) is 3.77. The van der Waals surface area contributed by atoms with E-state index in [1.54, 1.807) is 29.2 Å². The number of rotatable bonds is 10. The Morgan fingerprint density at radius 2 is 1.62 bits per heavy atom. The van der Waals surface area contributed by atoms with E-state index in [1.807, 2.05) is 32.9 Å². The van der Waals surface area contributed by atoms with Gasteiger partial charge in [-0.1, -0.05) is 11.6 Å². The fourth-order valence-electron chi connectivity index (χ4n) is 3.65. The molecule has 1 unspecified atom stereocenters. The van der Waals surface area contributed by atoms with Gasteiger partial charge in [-0.2, -0.15) is 0 Å². The number of anilines is 1. The number of amides is 2. The molecule has 0 aliphatic carbocycles. The van der Waals surface area contributed by atoms with E-state index in [0.717, 1.165) is 5.69 Å². The lowest BCUT2D eigenvalue weighted by molar-refractivity contribution is -0.117. The zero-order valence-corrected chi connectivity index (χ0v) is 19.4. The summed E-state index contributed by atoms with van der Waals surface area (Å²) in [6.07, 6.45) is 0.376. The molecule has 1 aliphatic rings. The molecule has 3 rings (SSSR count). The molecule has 1 N–H and O–H groups in total. The number of carbonyl (C=O) groups is 2. The number of ether oxygens (including phenoxy) is 3. The minimum absolute atomic E-state index is 0.0163. The summed E-state index contributed by atoms with van der Waals surface area (Å²) in [5.74, 6) is 1.22. The standard InChI is InChI=1S/C24H29ClN2O5/c1-4-30-20-12-17(13-21(31-5-2)23(20)32-6-3)24(29)26-14-16-11-22(28)27(15-16)19-9-7-18(25)8-10-19/h7-10,12-13,16H,4-6,11,14-15H2,1-3H3,(H,26,29). The molecule has 1 heterocycles. The molecule has 0 bridgehead atoms. The first-order valence-electron chi connectivity index (χ1n) is 10.9. The number of nitrogens with one attached hydrogen (secondary N) is 1. The van der Waals surface area contributed by atoms with Gasteiger partial charge in [-0.15, -0.1) is 0 Å². The lowest BCUT2D eigenvalue weighted by Crippen LogP contribution is -2.31. The lowest BCUT2D eigenvalue weighted by Gasteiger charge is -2.18. The van der Waals surface area contributed by atoms with Crippen LogP contribution in [0.5, 0.6) is 17.2 Å². The van der Waals surface area contributed by atoms with E-state index in [1.165, 1.54) is 0 Å². The number of halogens is 1. The predicted octanol–water partition coefficient (Wildman–Crippen LogP) is 4.32. The molecule has 2 amide bonds. The van der Waals surface area contributed by atoms with Crippen molar-refractivity contribution in [2.45, 2.75) is 27.2 Å². The van der Waals surface area contributed by atoms with Gasteiger partial charge in [0.1, 0.15) is 0 Å².